The minimum Gasteiger partial charge on any atom is -0.389 e. The molecule has 0 radical (unpaired) electrons. The van der Waals surface area contributed by atoms with E-state index in [4.69, 9.17) is 0 Å². The Labute approximate surface area is 116 Å². The van der Waals surface area contributed by atoms with Gasteiger partial charge in [-0.3, -0.25) is 4.68 Å². The zero-order chi connectivity index (χ0) is 14.3. The highest BCUT2D eigenvalue weighted by atomic mass is 16.3. The van der Waals surface area contributed by atoms with Crippen molar-refractivity contribution in [1.29, 1.82) is 0 Å². The molecule has 19 heavy (non-hydrogen) atoms. The van der Waals surface area contributed by atoms with Crippen LogP contribution in [0.2, 0.25) is 0 Å². The van der Waals surface area contributed by atoms with Gasteiger partial charge in [0.25, 0.3) is 0 Å². The third-order valence-corrected chi connectivity index (χ3v) is 4.12. The summed E-state index contributed by atoms with van der Waals surface area (Å²) in [5.41, 5.74) is 3.12. The number of nitrogens with zero attached hydrogens (tertiary/aromatic N) is 2. The molecule has 0 aliphatic heterocycles. The number of aliphatic hydroxyl groups is 1. The second kappa shape index (κ2) is 4.91. The Morgan fingerprint density at radius 1 is 1.32 bits per heavy atom. The van der Waals surface area contributed by atoms with E-state index in [0.717, 1.165) is 31.5 Å². The van der Waals surface area contributed by atoms with Crippen LogP contribution in [0.25, 0.3) is 0 Å². The van der Waals surface area contributed by atoms with Crippen molar-refractivity contribution in [3.8, 4) is 0 Å². The first-order chi connectivity index (χ1) is 8.73. The molecule has 4 nitrogen and oxygen atoms in total. The second-order valence-electron chi connectivity index (χ2n) is 6.91. The molecule has 0 bridgehead atoms. The summed E-state index contributed by atoms with van der Waals surface area (Å²) < 4.78 is 2.09. The van der Waals surface area contributed by atoms with Crippen LogP contribution >= 0.6 is 0 Å². The molecule has 0 unspecified atom stereocenters. The topological polar surface area (TPSA) is 50.1 Å². The van der Waals surface area contributed by atoms with Gasteiger partial charge in [-0.1, -0.05) is 0 Å². The average molecular weight is 265 g/mol. The fraction of sp³-hybridized carbons (Fsp3) is 0.800. The van der Waals surface area contributed by atoms with Crippen molar-refractivity contribution in [1.82, 2.24) is 15.1 Å². The highest BCUT2D eigenvalue weighted by Gasteiger charge is 2.33. The first-order valence-corrected chi connectivity index (χ1v) is 7.22. The van der Waals surface area contributed by atoms with Gasteiger partial charge in [-0.15, -0.1) is 0 Å². The zero-order valence-electron chi connectivity index (χ0n) is 12.9. The summed E-state index contributed by atoms with van der Waals surface area (Å²) in [7, 11) is 0. The molecule has 1 saturated carbocycles. The number of aryl methyl sites for hydroxylation is 1. The SMILES string of the molecule is Cc1nn(C(C)(C)C)c(C)c1CNCC1(O)CCC1. The van der Waals surface area contributed by atoms with Crippen molar-refractivity contribution in [3.63, 3.8) is 0 Å². The van der Waals surface area contributed by atoms with Crippen molar-refractivity contribution in [2.75, 3.05) is 6.54 Å². The number of rotatable bonds is 4. The van der Waals surface area contributed by atoms with E-state index >= 15 is 0 Å². The van der Waals surface area contributed by atoms with Gasteiger partial charge in [0, 0.05) is 24.3 Å². The maximum absolute atomic E-state index is 10.1. The molecule has 0 amide bonds. The van der Waals surface area contributed by atoms with Gasteiger partial charge >= 0.3 is 0 Å². The van der Waals surface area contributed by atoms with Crippen LogP contribution in [0, 0.1) is 13.8 Å². The van der Waals surface area contributed by atoms with Gasteiger partial charge in [-0.2, -0.15) is 5.10 Å². The summed E-state index contributed by atoms with van der Waals surface area (Å²) in [5, 5.41) is 18.1. The fourth-order valence-electron chi connectivity index (χ4n) is 2.77. The van der Waals surface area contributed by atoms with E-state index in [0.29, 0.717) is 6.54 Å². The molecule has 1 aliphatic carbocycles. The smallest absolute Gasteiger partial charge is 0.0771 e. The van der Waals surface area contributed by atoms with Crippen LogP contribution in [-0.2, 0) is 12.1 Å². The van der Waals surface area contributed by atoms with E-state index < -0.39 is 5.60 Å². The molecule has 1 aromatic rings. The molecular formula is C15H27N3O. The van der Waals surface area contributed by atoms with E-state index in [1.807, 2.05) is 0 Å². The third-order valence-electron chi connectivity index (χ3n) is 4.12. The van der Waals surface area contributed by atoms with E-state index in [1.165, 1.54) is 11.3 Å². The molecule has 1 aliphatic rings. The molecule has 2 N–H and O–H groups in total. The van der Waals surface area contributed by atoms with Crippen LogP contribution in [-0.4, -0.2) is 27.0 Å². The summed E-state index contributed by atoms with van der Waals surface area (Å²) in [6, 6.07) is 0. The Hall–Kier alpha value is -0.870. The molecule has 0 saturated heterocycles. The molecule has 1 aromatic heterocycles. The Balaban J connectivity index is 2.02. The van der Waals surface area contributed by atoms with Crippen LogP contribution in [0.1, 0.15) is 57.0 Å². The van der Waals surface area contributed by atoms with Crippen LogP contribution in [0.3, 0.4) is 0 Å². The Morgan fingerprint density at radius 2 is 1.95 bits per heavy atom. The van der Waals surface area contributed by atoms with Gasteiger partial charge in [0.05, 0.1) is 16.8 Å². The standard InChI is InChI=1S/C15H27N3O/c1-11-13(9-16-10-15(19)7-6-8-15)12(2)18(17-11)14(3,4)5/h16,19H,6-10H2,1-5H3. The molecule has 0 atom stereocenters. The Bertz CT molecular complexity index is 453. The van der Waals surface area contributed by atoms with E-state index in [-0.39, 0.29) is 5.54 Å². The normalized spacial score (nSPS) is 18.4. The number of nitrogens with one attached hydrogen (secondary N) is 1. The van der Waals surface area contributed by atoms with Gasteiger partial charge in [0.15, 0.2) is 0 Å². The van der Waals surface area contributed by atoms with Gasteiger partial charge in [-0.05, 0) is 53.9 Å². The zero-order valence-corrected chi connectivity index (χ0v) is 12.9. The average Bonchev–Trinajstić information content (AvgIpc) is 2.53. The third kappa shape index (κ3) is 3.00. The van der Waals surface area contributed by atoms with E-state index in [1.54, 1.807) is 0 Å². The number of hydrogen-bond donors (Lipinski definition) is 2. The van der Waals surface area contributed by atoms with Crippen molar-refractivity contribution in [2.45, 2.75) is 71.6 Å². The summed E-state index contributed by atoms with van der Waals surface area (Å²) in [4.78, 5) is 0. The summed E-state index contributed by atoms with van der Waals surface area (Å²) in [5.74, 6) is 0. The van der Waals surface area contributed by atoms with E-state index in [2.05, 4.69) is 49.7 Å². The highest BCUT2D eigenvalue weighted by Crippen LogP contribution is 2.30. The first-order valence-electron chi connectivity index (χ1n) is 7.22. The lowest BCUT2D eigenvalue weighted by Crippen LogP contribution is -2.46. The van der Waals surface area contributed by atoms with Crippen LogP contribution in [0.15, 0.2) is 0 Å². The predicted octanol–water partition coefficient (Wildman–Crippen LogP) is 2.26. The molecule has 1 heterocycles. The highest BCUT2D eigenvalue weighted by molar-refractivity contribution is 5.25. The maximum atomic E-state index is 10.1. The molecule has 2 rings (SSSR count). The Morgan fingerprint density at radius 3 is 2.37 bits per heavy atom. The lowest BCUT2D eigenvalue weighted by molar-refractivity contribution is -0.0315. The summed E-state index contributed by atoms with van der Waals surface area (Å²) in [6.45, 7) is 12.2. The fourth-order valence-corrected chi connectivity index (χ4v) is 2.77. The largest absolute Gasteiger partial charge is 0.389 e. The molecule has 1 fully saturated rings. The lowest BCUT2D eigenvalue weighted by atomic mass is 9.80. The molecular weight excluding hydrogens is 238 g/mol. The lowest BCUT2D eigenvalue weighted by Gasteiger charge is -2.36. The summed E-state index contributed by atoms with van der Waals surface area (Å²) in [6.07, 6.45) is 3.01. The predicted molar refractivity (Wildman–Crippen MR) is 77.2 cm³/mol. The van der Waals surface area contributed by atoms with Crippen molar-refractivity contribution < 1.29 is 5.11 Å². The Kier molecular flexibility index (Phi) is 3.76. The molecule has 108 valence electrons. The van der Waals surface area contributed by atoms with Crippen LogP contribution in [0.4, 0.5) is 0 Å². The second-order valence-corrected chi connectivity index (χ2v) is 6.91. The van der Waals surface area contributed by atoms with Gasteiger partial charge in [0.2, 0.25) is 0 Å². The van der Waals surface area contributed by atoms with Crippen LogP contribution in [0.5, 0.6) is 0 Å². The van der Waals surface area contributed by atoms with Gasteiger partial charge in [-0.25, -0.2) is 0 Å². The minimum absolute atomic E-state index is 0.0132. The van der Waals surface area contributed by atoms with Crippen molar-refractivity contribution in [2.24, 2.45) is 0 Å². The summed E-state index contributed by atoms with van der Waals surface area (Å²) >= 11 is 0. The monoisotopic (exact) mass is 265 g/mol. The van der Waals surface area contributed by atoms with Crippen molar-refractivity contribution in [3.05, 3.63) is 17.0 Å². The minimum atomic E-state index is -0.457. The van der Waals surface area contributed by atoms with Gasteiger partial charge < -0.3 is 10.4 Å². The molecule has 4 heteroatoms. The maximum Gasteiger partial charge on any atom is 0.0771 e. The first kappa shape index (κ1) is 14.5. The van der Waals surface area contributed by atoms with Gasteiger partial charge in [0.1, 0.15) is 0 Å². The van der Waals surface area contributed by atoms with Crippen molar-refractivity contribution >= 4 is 0 Å². The molecule has 0 spiro atoms. The number of hydrogen-bond acceptors (Lipinski definition) is 3. The van der Waals surface area contributed by atoms with Crippen LogP contribution < -0.4 is 5.32 Å². The molecule has 0 aromatic carbocycles. The number of aromatic nitrogens is 2. The van der Waals surface area contributed by atoms with E-state index in [9.17, 15) is 5.11 Å². The quantitative estimate of drug-likeness (QED) is 0.878.